The van der Waals surface area contributed by atoms with E-state index in [1.54, 1.807) is 6.92 Å². The van der Waals surface area contributed by atoms with E-state index in [1.165, 1.54) is 10.6 Å². The summed E-state index contributed by atoms with van der Waals surface area (Å²) >= 11 is 0. The van der Waals surface area contributed by atoms with E-state index in [-0.39, 0.29) is 0 Å². The Morgan fingerprint density at radius 3 is 1.60 bits per heavy atom. The zero-order chi connectivity index (χ0) is 14.5. The third-order valence-electron chi connectivity index (χ3n) is 3.23. The molecule has 0 heterocycles. The number of carboxylic acids is 1. The third-order valence-corrected chi connectivity index (χ3v) is 5.86. The number of allylic oxidation sites excluding steroid dienone is 1. The molecular weight excluding hydrogens is 267 g/mol. The van der Waals surface area contributed by atoms with Crippen molar-refractivity contribution in [3.05, 3.63) is 71.6 Å². The van der Waals surface area contributed by atoms with Crippen molar-refractivity contribution < 1.29 is 9.90 Å². The van der Waals surface area contributed by atoms with E-state index >= 15 is 0 Å². The Balaban J connectivity index is 2.57. The molecule has 2 aromatic rings. The number of carbonyl (C=O) groups is 1. The second-order valence-electron chi connectivity index (χ2n) is 4.52. The van der Waals surface area contributed by atoms with E-state index in [4.69, 9.17) is 0 Å². The van der Waals surface area contributed by atoms with E-state index < -0.39 is 13.9 Å². The Morgan fingerprint density at radius 1 is 0.850 bits per heavy atom. The van der Waals surface area contributed by atoms with Gasteiger partial charge >= 0.3 is 5.97 Å². The van der Waals surface area contributed by atoms with Crippen LogP contribution in [0.1, 0.15) is 13.8 Å². The number of benzene rings is 2. The fourth-order valence-electron chi connectivity index (χ4n) is 2.01. The molecule has 0 aliphatic rings. The standard InChI is InChI=1S/C17H17O2P/c1-13(17(18)19)14(2)20(15-9-5-3-6-10-15)16-11-7-4-8-12-16/h3-12H,1-2H3,(H,18,19). The summed E-state index contributed by atoms with van der Waals surface area (Å²) in [6.45, 7) is 3.61. The highest BCUT2D eigenvalue weighted by atomic mass is 31.1. The van der Waals surface area contributed by atoms with Crippen molar-refractivity contribution in [3.63, 3.8) is 0 Å². The van der Waals surface area contributed by atoms with E-state index in [0.29, 0.717) is 5.57 Å². The van der Waals surface area contributed by atoms with Gasteiger partial charge in [0.1, 0.15) is 0 Å². The number of carboxylic acid groups (broad SMARTS) is 1. The number of rotatable bonds is 4. The van der Waals surface area contributed by atoms with Crippen molar-refractivity contribution in [2.24, 2.45) is 0 Å². The third kappa shape index (κ3) is 3.15. The summed E-state index contributed by atoms with van der Waals surface area (Å²) in [6.07, 6.45) is 0. The molecule has 0 radical (unpaired) electrons. The second-order valence-corrected chi connectivity index (χ2v) is 6.90. The summed E-state index contributed by atoms with van der Waals surface area (Å²) in [6, 6.07) is 20.2. The van der Waals surface area contributed by atoms with Crippen LogP contribution in [0, 0.1) is 0 Å². The Kier molecular flexibility index (Phi) is 4.70. The van der Waals surface area contributed by atoms with Gasteiger partial charge in [-0.15, -0.1) is 0 Å². The van der Waals surface area contributed by atoms with Crippen LogP contribution >= 0.6 is 7.92 Å². The Morgan fingerprint density at radius 2 is 1.25 bits per heavy atom. The molecule has 0 spiro atoms. The molecule has 0 amide bonds. The Bertz CT molecular complexity index is 578. The van der Waals surface area contributed by atoms with Crippen molar-refractivity contribution in [2.75, 3.05) is 0 Å². The van der Waals surface area contributed by atoms with Gasteiger partial charge in [0.25, 0.3) is 0 Å². The minimum absolute atomic E-state index is 0.434. The van der Waals surface area contributed by atoms with Gasteiger partial charge in [-0.25, -0.2) is 4.79 Å². The summed E-state index contributed by atoms with van der Waals surface area (Å²) in [5.74, 6) is -0.845. The first-order valence-electron chi connectivity index (χ1n) is 6.42. The van der Waals surface area contributed by atoms with Crippen LogP contribution in [0.15, 0.2) is 71.6 Å². The highest BCUT2D eigenvalue weighted by Crippen LogP contribution is 2.43. The molecule has 2 aromatic carbocycles. The molecule has 0 aromatic heterocycles. The zero-order valence-electron chi connectivity index (χ0n) is 11.6. The van der Waals surface area contributed by atoms with Gasteiger partial charge in [-0.3, -0.25) is 0 Å². The molecular formula is C17H17O2P. The summed E-state index contributed by atoms with van der Waals surface area (Å²) in [7, 11) is -0.785. The minimum atomic E-state index is -0.845. The van der Waals surface area contributed by atoms with Crippen LogP contribution in [0.25, 0.3) is 0 Å². The van der Waals surface area contributed by atoms with Gasteiger partial charge < -0.3 is 5.11 Å². The van der Waals surface area contributed by atoms with Crippen molar-refractivity contribution in [1.29, 1.82) is 0 Å². The molecule has 0 bridgehead atoms. The zero-order valence-corrected chi connectivity index (χ0v) is 12.5. The van der Waals surface area contributed by atoms with Crippen LogP contribution in [0.2, 0.25) is 0 Å². The summed E-state index contributed by atoms with van der Waals surface area (Å²) < 4.78 is 0. The fraction of sp³-hybridized carbons (Fsp3) is 0.118. The average molecular weight is 284 g/mol. The monoisotopic (exact) mass is 284 g/mol. The van der Waals surface area contributed by atoms with Gasteiger partial charge in [-0.1, -0.05) is 60.7 Å². The summed E-state index contributed by atoms with van der Waals surface area (Å²) in [5, 5.41) is 12.5. The molecule has 3 heteroatoms. The lowest BCUT2D eigenvalue weighted by molar-refractivity contribution is -0.132. The predicted octanol–water partition coefficient (Wildman–Crippen LogP) is 3.50. The molecule has 0 saturated heterocycles. The molecule has 0 aliphatic carbocycles. The van der Waals surface area contributed by atoms with Gasteiger partial charge in [0.05, 0.1) is 0 Å². The van der Waals surface area contributed by atoms with Crippen LogP contribution in [-0.4, -0.2) is 11.1 Å². The summed E-state index contributed by atoms with van der Waals surface area (Å²) in [5.41, 5.74) is 0.434. The first kappa shape index (κ1) is 14.5. The van der Waals surface area contributed by atoms with Gasteiger partial charge in [0.2, 0.25) is 0 Å². The number of hydrogen-bond acceptors (Lipinski definition) is 1. The van der Waals surface area contributed by atoms with Crippen molar-refractivity contribution in [1.82, 2.24) is 0 Å². The Hall–Kier alpha value is -1.92. The quantitative estimate of drug-likeness (QED) is 0.689. The molecule has 0 fully saturated rings. The van der Waals surface area contributed by atoms with Crippen molar-refractivity contribution in [2.45, 2.75) is 13.8 Å². The molecule has 1 N–H and O–H groups in total. The number of hydrogen-bond donors (Lipinski definition) is 1. The van der Waals surface area contributed by atoms with Crippen molar-refractivity contribution >= 4 is 24.5 Å². The van der Waals surface area contributed by atoms with Crippen LogP contribution in [-0.2, 0) is 4.79 Å². The molecule has 0 aliphatic heterocycles. The first-order valence-corrected chi connectivity index (χ1v) is 7.76. The topological polar surface area (TPSA) is 37.3 Å². The van der Waals surface area contributed by atoms with Gasteiger partial charge in [-0.05, 0) is 37.7 Å². The maximum absolute atomic E-state index is 11.3. The minimum Gasteiger partial charge on any atom is -0.478 e. The average Bonchev–Trinajstić information content (AvgIpc) is 2.48. The molecule has 0 unspecified atom stereocenters. The smallest absolute Gasteiger partial charge is 0.331 e. The lowest BCUT2D eigenvalue weighted by atomic mass is 10.3. The molecule has 0 saturated carbocycles. The van der Waals surface area contributed by atoms with Gasteiger partial charge in [0.15, 0.2) is 0 Å². The predicted molar refractivity (Wildman–Crippen MR) is 85.1 cm³/mol. The molecule has 0 atom stereocenters. The SMILES string of the molecule is CC(C(=O)O)=C(C)P(c1ccccc1)c1ccccc1. The van der Waals surface area contributed by atoms with E-state index in [2.05, 4.69) is 24.3 Å². The van der Waals surface area contributed by atoms with Crippen LogP contribution < -0.4 is 10.6 Å². The van der Waals surface area contributed by atoms with Crippen molar-refractivity contribution in [3.8, 4) is 0 Å². The van der Waals surface area contributed by atoms with Crippen LogP contribution in [0.3, 0.4) is 0 Å². The largest absolute Gasteiger partial charge is 0.478 e. The highest BCUT2D eigenvalue weighted by Gasteiger charge is 2.19. The first-order chi connectivity index (χ1) is 9.61. The molecule has 20 heavy (non-hydrogen) atoms. The van der Waals surface area contributed by atoms with Gasteiger partial charge in [-0.2, -0.15) is 0 Å². The maximum atomic E-state index is 11.3. The molecule has 2 nitrogen and oxygen atoms in total. The van der Waals surface area contributed by atoms with E-state index in [0.717, 1.165) is 5.31 Å². The molecule has 102 valence electrons. The van der Waals surface area contributed by atoms with Crippen LogP contribution in [0.4, 0.5) is 0 Å². The lowest BCUT2D eigenvalue weighted by Crippen LogP contribution is -2.14. The normalized spacial score (nSPS) is 12.2. The molecule has 2 rings (SSSR count). The number of aliphatic carboxylic acids is 1. The van der Waals surface area contributed by atoms with Gasteiger partial charge in [0, 0.05) is 5.57 Å². The maximum Gasteiger partial charge on any atom is 0.331 e. The van der Waals surface area contributed by atoms with E-state index in [9.17, 15) is 9.90 Å². The fourth-order valence-corrected chi connectivity index (χ4v) is 4.46. The van der Waals surface area contributed by atoms with Crippen LogP contribution in [0.5, 0.6) is 0 Å². The lowest BCUT2D eigenvalue weighted by Gasteiger charge is -2.20. The highest BCUT2D eigenvalue weighted by molar-refractivity contribution is 7.76. The van der Waals surface area contributed by atoms with E-state index in [1.807, 2.05) is 43.3 Å². The Labute approximate surface area is 120 Å². The summed E-state index contributed by atoms with van der Waals surface area (Å²) in [4.78, 5) is 11.3. The second kappa shape index (κ2) is 6.49.